The van der Waals surface area contributed by atoms with Crippen molar-refractivity contribution in [3.05, 3.63) is 90.2 Å². The Morgan fingerprint density at radius 1 is 0.750 bits per heavy atom. The van der Waals surface area contributed by atoms with Crippen LogP contribution in [0.1, 0.15) is 25.3 Å². The first kappa shape index (κ1) is 21.9. The second-order valence-electron chi connectivity index (χ2n) is 7.74. The van der Waals surface area contributed by atoms with Gasteiger partial charge in [-0.15, -0.1) is 13.2 Å². The number of rotatable bonds is 6. The highest BCUT2D eigenvalue weighted by molar-refractivity contribution is 5.91. The highest BCUT2D eigenvalue weighted by atomic mass is 19.4. The van der Waals surface area contributed by atoms with Crippen molar-refractivity contribution in [2.45, 2.75) is 32.5 Å². The monoisotopic (exact) mass is 438 g/mol. The van der Waals surface area contributed by atoms with E-state index >= 15 is 4.39 Å². The maximum Gasteiger partial charge on any atom is 0.573 e. The van der Waals surface area contributed by atoms with Gasteiger partial charge < -0.3 is 4.74 Å². The molecule has 0 unspecified atom stereocenters. The molecule has 0 amide bonds. The van der Waals surface area contributed by atoms with E-state index in [2.05, 4.69) is 35.9 Å². The van der Waals surface area contributed by atoms with Crippen molar-refractivity contribution in [1.29, 1.82) is 0 Å². The van der Waals surface area contributed by atoms with Gasteiger partial charge in [0.25, 0.3) is 0 Å². The molecule has 0 saturated carbocycles. The van der Waals surface area contributed by atoms with E-state index in [4.69, 9.17) is 0 Å². The van der Waals surface area contributed by atoms with Crippen LogP contribution in [0.2, 0.25) is 0 Å². The van der Waals surface area contributed by atoms with Crippen LogP contribution in [0.4, 0.5) is 17.6 Å². The van der Waals surface area contributed by atoms with E-state index in [-0.39, 0.29) is 5.75 Å². The lowest BCUT2D eigenvalue weighted by Gasteiger charge is -2.11. The second kappa shape index (κ2) is 9.03. The average Bonchev–Trinajstić information content (AvgIpc) is 2.78. The summed E-state index contributed by atoms with van der Waals surface area (Å²) in [4.78, 5) is 0. The molecule has 0 aliphatic heterocycles. The van der Waals surface area contributed by atoms with Gasteiger partial charge in [-0.1, -0.05) is 74.0 Å². The summed E-state index contributed by atoms with van der Waals surface area (Å²) in [6.07, 6.45) is -1.38. The third-order valence-corrected chi connectivity index (χ3v) is 5.46. The SMILES string of the molecule is CCCCc1ccc(-c2ccc3c(F)c(-c4ccc(OC(F)(F)F)cc4)ccc3c2)cc1. The van der Waals surface area contributed by atoms with Gasteiger partial charge in [-0.05, 0) is 58.7 Å². The number of alkyl halides is 3. The summed E-state index contributed by atoms with van der Waals surface area (Å²) in [6, 6.07) is 22.7. The molecule has 0 aliphatic carbocycles. The van der Waals surface area contributed by atoms with Crippen molar-refractivity contribution in [2.24, 2.45) is 0 Å². The summed E-state index contributed by atoms with van der Waals surface area (Å²) in [5.41, 5.74) is 4.17. The van der Waals surface area contributed by atoms with Gasteiger partial charge in [0, 0.05) is 10.9 Å². The second-order valence-corrected chi connectivity index (χ2v) is 7.74. The Morgan fingerprint density at radius 2 is 1.41 bits per heavy atom. The molecule has 0 bridgehead atoms. The van der Waals surface area contributed by atoms with Gasteiger partial charge in [-0.3, -0.25) is 0 Å². The highest BCUT2D eigenvalue weighted by Gasteiger charge is 2.31. The summed E-state index contributed by atoms with van der Waals surface area (Å²) in [5, 5.41) is 1.22. The Hall–Kier alpha value is -3.34. The quantitative estimate of drug-likeness (QED) is 0.274. The minimum Gasteiger partial charge on any atom is -0.406 e. The molecule has 0 N–H and O–H groups in total. The standard InChI is InChI=1S/C27H22F4O/c1-2-3-4-18-5-7-19(8-6-18)21-11-15-25-22(17-21)12-16-24(26(25)28)20-9-13-23(14-10-20)32-27(29,30)31/h5-17H,2-4H2,1H3. The number of ether oxygens (including phenoxy) is 1. The number of unbranched alkanes of at least 4 members (excludes halogenated alkanes) is 1. The van der Waals surface area contributed by atoms with Crippen LogP contribution in [-0.2, 0) is 6.42 Å². The number of hydrogen-bond acceptors (Lipinski definition) is 1. The fraction of sp³-hybridized carbons (Fsp3) is 0.185. The van der Waals surface area contributed by atoms with E-state index in [1.54, 1.807) is 12.1 Å². The third kappa shape index (κ3) is 4.93. The maximum atomic E-state index is 15.2. The summed E-state index contributed by atoms with van der Waals surface area (Å²) in [6.45, 7) is 2.17. The molecule has 0 aromatic heterocycles. The van der Waals surface area contributed by atoms with Crippen LogP contribution in [-0.4, -0.2) is 6.36 Å². The molecule has 4 aromatic rings. The van der Waals surface area contributed by atoms with Crippen LogP contribution in [0.25, 0.3) is 33.0 Å². The molecule has 0 spiro atoms. The van der Waals surface area contributed by atoms with E-state index in [0.29, 0.717) is 16.5 Å². The summed E-state index contributed by atoms with van der Waals surface area (Å²) in [7, 11) is 0. The molecule has 0 atom stereocenters. The minimum absolute atomic E-state index is 0.323. The van der Waals surface area contributed by atoms with Crippen LogP contribution < -0.4 is 4.74 Å². The first-order valence-electron chi connectivity index (χ1n) is 10.5. The van der Waals surface area contributed by atoms with Gasteiger partial charge in [0.15, 0.2) is 0 Å². The zero-order valence-electron chi connectivity index (χ0n) is 17.5. The highest BCUT2D eigenvalue weighted by Crippen LogP contribution is 2.33. The molecule has 32 heavy (non-hydrogen) atoms. The topological polar surface area (TPSA) is 9.23 Å². The third-order valence-electron chi connectivity index (χ3n) is 5.46. The average molecular weight is 438 g/mol. The van der Waals surface area contributed by atoms with E-state index in [1.165, 1.54) is 29.8 Å². The first-order valence-corrected chi connectivity index (χ1v) is 10.5. The molecule has 164 valence electrons. The van der Waals surface area contributed by atoms with Crippen LogP contribution in [0.3, 0.4) is 0 Å². The van der Waals surface area contributed by atoms with E-state index in [9.17, 15) is 13.2 Å². The zero-order valence-corrected chi connectivity index (χ0v) is 17.5. The van der Waals surface area contributed by atoms with Gasteiger partial charge in [-0.2, -0.15) is 0 Å². The predicted molar refractivity (Wildman–Crippen MR) is 120 cm³/mol. The number of benzene rings is 4. The van der Waals surface area contributed by atoms with Crippen molar-refractivity contribution in [3.8, 4) is 28.0 Å². The fourth-order valence-electron chi connectivity index (χ4n) is 3.78. The van der Waals surface area contributed by atoms with Gasteiger partial charge >= 0.3 is 6.36 Å². The van der Waals surface area contributed by atoms with E-state index in [0.717, 1.165) is 35.8 Å². The lowest BCUT2D eigenvalue weighted by atomic mass is 9.96. The molecular weight excluding hydrogens is 416 g/mol. The molecule has 0 radical (unpaired) electrons. The Morgan fingerprint density at radius 3 is 2.06 bits per heavy atom. The largest absolute Gasteiger partial charge is 0.573 e. The lowest BCUT2D eigenvalue weighted by molar-refractivity contribution is -0.274. The van der Waals surface area contributed by atoms with Crippen molar-refractivity contribution in [2.75, 3.05) is 0 Å². The van der Waals surface area contributed by atoms with Crippen LogP contribution in [0.15, 0.2) is 78.9 Å². The predicted octanol–water partition coefficient (Wildman–Crippen LogP) is 8.55. The van der Waals surface area contributed by atoms with Crippen molar-refractivity contribution in [3.63, 3.8) is 0 Å². The molecule has 0 heterocycles. The molecule has 0 saturated heterocycles. The molecule has 0 fully saturated rings. The first-order chi connectivity index (χ1) is 15.3. The number of hydrogen-bond donors (Lipinski definition) is 0. The van der Waals surface area contributed by atoms with E-state index < -0.39 is 12.2 Å². The summed E-state index contributed by atoms with van der Waals surface area (Å²) < 4.78 is 56.1. The van der Waals surface area contributed by atoms with Gasteiger partial charge in [-0.25, -0.2) is 4.39 Å². The van der Waals surface area contributed by atoms with Gasteiger partial charge in [0.1, 0.15) is 11.6 Å². The smallest absolute Gasteiger partial charge is 0.406 e. The number of fused-ring (bicyclic) bond motifs is 1. The Kier molecular flexibility index (Phi) is 6.17. The Balaban J connectivity index is 1.61. The number of aryl methyl sites for hydroxylation is 1. The number of halogens is 4. The normalized spacial score (nSPS) is 11.7. The Labute approximate surface area is 184 Å². The van der Waals surface area contributed by atoms with Crippen LogP contribution in [0, 0.1) is 5.82 Å². The Bertz CT molecular complexity index is 1210. The lowest BCUT2D eigenvalue weighted by Crippen LogP contribution is -2.16. The summed E-state index contributed by atoms with van der Waals surface area (Å²) >= 11 is 0. The molecule has 5 heteroatoms. The van der Waals surface area contributed by atoms with E-state index in [1.807, 2.05) is 18.2 Å². The van der Waals surface area contributed by atoms with Crippen molar-refractivity contribution < 1.29 is 22.3 Å². The molecule has 0 aliphatic rings. The van der Waals surface area contributed by atoms with Gasteiger partial charge in [0.05, 0.1) is 0 Å². The fourth-order valence-corrected chi connectivity index (χ4v) is 3.78. The molecular formula is C27H22F4O. The summed E-state index contributed by atoms with van der Waals surface area (Å²) in [5.74, 6) is -0.749. The van der Waals surface area contributed by atoms with Gasteiger partial charge in [0.2, 0.25) is 0 Å². The van der Waals surface area contributed by atoms with Crippen molar-refractivity contribution in [1.82, 2.24) is 0 Å². The molecule has 1 nitrogen and oxygen atoms in total. The minimum atomic E-state index is -4.76. The maximum absolute atomic E-state index is 15.2. The van der Waals surface area contributed by atoms with Crippen molar-refractivity contribution >= 4 is 10.8 Å². The van der Waals surface area contributed by atoms with Crippen LogP contribution >= 0.6 is 0 Å². The van der Waals surface area contributed by atoms with Crippen LogP contribution in [0.5, 0.6) is 5.75 Å². The molecule has 4 aromatic carbocycles. The zero-order chi connectivity index (χ0) is 22.7. The molecule has 4 rings (SSSR count).